The predicted molar refractivity (Wildman–Crippen MR) is 100 cm³/mol. The summed E-state index contributed by atoms with van der Waals surface area (Å²) in [7, 11) is 0. The van der Waals surface area contributed by atoms with Crippen LogP contribution in [0.1, 0.15) is 12.0 Å². The van der Waals surface area contributed by atoms with Crippen molar-refractivity contribution >= 4 is 45.2 Å². The zero-order valence-electron chi connectivity index (χ0n) is 13.7. The standard InChI is InChI=1S/C15H13BrClN7O3/c16-12-8-22(20-14(12)24(26)27)6-5-13(25)19-15-18-9-23(21-15)7-10-1-3-11(17)4-2-10/h1-4,8-9H,5-7H2,(H,19,21,25). The van der Waals surface area contributed by atoms with Gasteiger partial charge in [-0.2, -0.15) is 4.68 Å². The Morgan fingerprint density at radius 3 is 2.67 bits per heavy atom. The van der Waals surface area contributed by atoms with Gasteiger partial charge < -0.3 is 10.1 Å². The van der Waals surface area contributed by atoms with Crippen molar-refractivity contribution in [3.63, 3.8) is 0 Å². The molecule has 0 aliphatic heterocycles. The lowest BCUT2D eigenvalue weighted by molar-refractivity contribution is -0.390. The molecular formula is C15H13BrClN7O3. The highest BCUT2D eigenvalue weighted by Gasteiger charge is 2.19. The van der Waals surface area contributed by atoms with Gasteiger partial charge in [-0.25, -0.2) is 9.67 Å². The van der Waals surface area contributed by atoms with Crippen LogP contribution in [0.3, 0.4) is 0 Å². The molecule has 0 spiro atoms. The number of halogens is 2. The minimum atomic E-state index is -0.599. The lowest BCUT2D eigenvalue weighted by atomic mass is 10.2. The largest absolute Gasteiger partial charge is 0.404 e. The van der Waals surface area contributed by atoms with Crippen molar-refractivity contribution in [3.05, 3.63) is 62.0 Å². The summed E-state index contributed by atoms with van der Waals surface area (Å²) in [5.74, 6) is -0.437. The molecule has 0 aliphatic carbocycles. The van der Waals surface area contributed by atoms with E-state index in [1.807, 2.05) is 12.1 Å². The Hall–Kier alpha value is -2.79. The van der Waals surface area contributed by atoms with Crippen molar-refractivity contribution in [1.82, 2.24) is 24.5 Å². The Morgan fingerprint density at radius 2 is 2.00 bits per heavy atom. The number of aromatic nitrogens is 5. The third kappa shape index (κ3) is 5.11. The molecule has 3 aromatic rings. The van der Waals surface area contributed by atoms with Crippen LogP contribution in [0.25, 0.3) is 0 Å². The van der Waals surface area contributed by atoms with Crippen molar-refractivity contribution in [3.8, 4) is 0 Å². The average molecular weight is 455 g/mol. The molecular weight excluding hydrogens is 442 g/mol. The quantitative estimate of drug-likeness (QED) is 0.433. The van der Waals surface area contributed by atoms with Crippen LogP contribution in [0.2, 0.25) is 5.02 Å². The number of hydrogen-bond acceptors (Lipinski definition) is 6. The van der Waals surface area contributed by atoms with Crippen LogP contribution < -0.4 is 5.32 Å². The maximum Gasteiger partial charge on any atom is 0.404 e. The number of benzene rings is 1. The number of aryl methyl sites for hydroxylation is 1. The summed E-state index contributed by atoms with van der Waals surface area (Å²) in [5, 5.41) is 22.0. The molecule has 0 atom stereocenters. The van der Waals surface area contributed by atoms with E-state index in [9.17, 15) is 14.9 Å². The highest BCUT2D eigenvalue weighted by Crippen LogP contribution is 2.22. The number of nitrogens with zero attached hydrogens (tertiary/aromatic N) is 6. The van der Waals surface area contributed by atoms with Gasteiger partial charge in [-0.05, 0) is 38.5 Å². The SMILES string of the molecule is O=C(CCn1cc(Br)c([N+](=O)[O-])n1)Nc1ncn(Cc2ccc(Cl)cc2)n1. The molecule has 10 nitrogen and oxygen atoms in total. The fraction of sp³-hybridized carbons (Fsp3) is 0.200. The predicted octanol–water partition coefficient (Wildman–Crippen LogP) is 2.88. The molecule has 0 radical (unpaired) electrons. The van der Waals surface area contributed by atoms with Crippen LogP contribution >= 0.6 is 27.5 Å². The maximum absolute atomic E-state index is 12.0. The summed E-state index contributed by atoms with van der Waals surface area (Å²) in [5.41, 5.74) is 0.994. The number of hydrogen-bond donors (Lipinski definition) is 1. The van der Waals surface area contributed by atoms with E-state index in [1.54, 1.807) is 16.8 Å². The van der Waals surface area contributed by atoms with E-state index in [4.69, 9.17) is 11.6 Å². The summed E-state index contributed by atoms with van der Waals surface area (Å²) in [6.07, 6.45) is 3.03. The third-order valence-corrected chi connectivity index (χ3v) is 4.30. The van der Waals surface area contributed by atoms with E-state index < -0.39 is 4.92 Å². The lowest BCUT2D eigenvalue weighted by Gasteiger charge is -2.01. The number of carbonyl (C=O) groups excluding carboxylic acids is 1. The van der Waals surface area contributed by atoms with Gasteiger partial charge in [0.2, 0.25) is 11.9 Å². The molecule has 1 N–H and O–H groups in total. The van der Waals surface area contributed by atoms with Gasteiger partial charge in [0.05, 0.1) is 24.4 Å². The Labute approximate surface area is 166 Å². The normalized spacial score (nSPS) is 10.7. The summed E-state index contributed by atoms with van der Waals surface area (Å²) in [4.78, 5) is 26.2. The number of rotatable bonds is 7. The van der Waals surface area contributed by atoms with E-state index in [1.165, 1.54) is 17.2 Å². The van der Waals surface area contributed by atoms with Crippen molar-refractivity contribution in [1.29, 1.82) is 0 Å². The molecule has 0 aliphatic rings. The average Bonchev–Trinajstić information content (AvgIpc) is 3.21. The molecule has 0 saturated carbocycles. The zero-order valence-corrected chi connectivity index (χ0v) is 16.1. The van der Waals surface area contributed by atoms with Gasteiger partial charge in [0.25, 0.3) is 0 Å². The molecule has 0 unspecified atom stereocenters. The smallest absolute Gasteiger partial charge is 0.358 e. The monoisotopic (exact) mass is 453 g/mol. The lowest BCUT2D eigenvalue weighted by Crippen LogP contribution is -2.16. The minimum absolute atomic E-state index is 0.0665. The summed E-state index contributed by atoms with van der Waals surface area (Å²) in [6, 6.07) is 7.33. The summed E-state index contributed by atoms with van der Waals surface area (Å²) in [6.45, 7) is 0.675. The number of carbonyl (C=O) groups is 1. The molecule has 27 heavy (non-hydrogen) atoms. The Bertz CT molecular complexity index is 970. The zero-order chi connectivity index (χ0) is 19.4. The van der Waals surface area contributed by atoms with E-state index >= 15 is 0 Å². The molecule has 2 aromatic heterocycles. The second-order valence-corrected chi connectivity index (χ2v) is 6.80. The molecule has 140 valence electrons. The first-order chi connectivity index (χ1) is 12.9. The van der Waals surface area contributed by atoms with E-state index in [0.717, 1.165) is 5.56 Å². The fourth-order valence-corrected chi connectivity index (χ4v) is 2.82. The minimum Gasteiger partial charge on any atom is -0.358 e. The highest BCUT2D eigenvalue weighted by molar-refractivity contribution is 9.10. The van der Waals surface area contributed by atoms with Crippen molar-refractivity contribution in [2.24, 2.45) is 0 Å². The summed E-state index contributed by atoms with van der Waals surface area (Å²) < 4.78 is 3.18. The molecule has 1 amide bonds. The third-order valence-electron chi connectivity index (χ3n) is 3.49. The van der Waals surface area contributed by atoms with Crippen molar-refractivity contribution in [2.75, 3.05) is 5.32 Å². The second-order valence-electron chi connectivity index (χ2n) is 5.51. The number of nitrogens with one attached hydrogen (secondary N) is 1. The van der Waals surface area contributed by atoms with Gasteiger partial charge in [-0.1, -0.05) is 23.7 Å². The Kier molecular flexibility index (Phi) is 5.81. The van der Waals surface area contributed by atoms with Crippen LogP contribution in [0, 0.1) is 10.1 Å². The number of anilines is 1. The van der Waals surface area contributed by atoms with E-state index in [0.29, 0.717) is 11.6 Å². The van der Waals surface area contributed by atoms with Crippen LogP contribution in [0.5, 0.6) is 0 Å². The first-order valence-electron chi connectivity index (χ1n) is 7.72. The molecule has 1 aromatic carbocycles. The molecule has 3 rings (SSSR count). The fourth-order valence-electron chi connectivity index (χ4n) is 2.23. The summed E-state index contributed by atoms with van der Waals surface area (Å²) >= 11 is 8.91. The number of amides is 1. The van der Waals surface area contributed by atoms with Crippen molar-refractivity contribution < 1.29 is 9.72 Å². The van der Waals surface area contributed by atoms with Crippen LogP contribution in [-0.4, -0.2) is 35.4 Å². The van der Waals surface area contributed by atoms with Gasteiger partial charge in [-0.15, -0.1) is 5.10 Å². The van der Waals surface area contributed by atoms with E-state index in [-0.39, 0.29) is 35.1 Å². The van der Waals surface area contributed by atoms with Gasteiger partial charge >= 0.3 is 5.82 Å². The topological polar surface area (TPSA) is 121 Å². The maximum atomic E-state index is 12.0. The van der Waals surface area contributed by atoms with Gasteiger partial charge in [0.15, 0.2) is 0 Å². The molecule has 0 fully saturated rings. The first-order valence-corrected chi connectivity index (χ1v) is 8.89. The molecule has 12 heteroatoms. The van der Waals surface area contributed by atoms with Crippen LogP contribution in [-0.2, 0) is 17.9 Å². The van der Waals surface area contributed by atoms with Gasteiger partial charge in [-0.3, -0.25) is 10.1 Å². The number of nitro groups is 1. The first kappa shape index (κ1) is 19.0. The highest BCUT2D eigenvalue weighted by atomic mass is 79.9. The molecule has 2 heterocycles. The second kappa shape index (κ2) is 8.27. The molecule has 0 saturated heterocycles. The van der Waals surface area contributed by atoms with Crippen LogP contribution in [0.15, 0.2) is 41.3 Å². The van der Waals surface area contributed by atoms with E-state index in [2.05, 4.69) is 36.4 Å². The Balaban J connectivity index is 1.52. The van der Waals surface area contributed by atoms with Gasteiger partial charge in [0.1, 0.15) is 10.8 Å². The van der Waals surface area contributed by atoms with Gasteiger partial charge in [0, 0.05) is 11.4 Å². The van der Waals surface area contributed by atoms with Crippen LogP contribution in [0.4, 0.5) is 11.8 Å². The molecule has 0 bridgehead atoms. The Morgan fingerprint density at radius 1 is 1.26 bits per heavy atom. The van der Waals surface area contributed by atoms with Crippen molar-refractivity contribution in [2.45, 2.75) is 19.5 Å².